The number of methoxy groups -OCH3 is 1. The smallest absolute Gasteiger partial charge is 0.284 e. The van der Waals surface area contributed by atoms with Crippen LogP contribution in [0.25, 0.3) is 16.9 Å². The number of amides is 1. The van der Waals surface area contributed by atoms with E-state index in [2.05, 4.69) is 15.4 Å². The van der Waals surface area contributed by atoms with Gasteiger partial charge in [0.1, 0.15) is 5.56 Å². The second-order valence-electron chi connectivity index (χ2n) is 6.19. The number of aromatic nitrogens is 3. The summed E-state index contributed by atoms with van der Waals surface area (Å²) >= 11 is 5.95. The molecule has 0 saturated carbocycles. The van der Waals surface area contributed by atoms with E-state index in [9.17, 15) is 14.7 Å². The van der Waals surface area contributed by atoms with Crippen LogP contribution in [0.5, 0.6) is 0 Å². The first-order chi connectivity index (χ1) is 14.0. The van der Waals surface area contributed by atoms with E-state index in [0.29, 0.717) is 22.0 Å². The highest BCUT2D eigenvalue weighted by molar-refractivity contribution is 6.30. The second kappa shape index (κ2) is 9.42. The molecule has 29 heavy (non-hydrogen) atoms. The molecule has 2 aromatic heterocycles. The molecule has 0 aliphatic rings. The van der Waals surface area contributed by atoms with Gasteiger partial charge in [-0.2, -0.15) is 9.78 Å². The molecule has 3 rings (SSSR count). The first kappa shape index (κ1) is 20.7. The molecule has 0 aliphatic carbocycles. The van der Waals surface area contributed by atoms with Crippen molar-refractivity contribution in [1.29, 1.82) is 0 Å². The number of halogens is 1. The minimum absolute atomic E-state index is 0.105. The van der Waals surface area contributed by atoms with Gasteiger partial charge in [0.05, 0.1) is 36.8 Å². The van der Waals surface area contributed by atoms with E-state index >= 15 is 0 Å². The molecule has 2 heterocycles. The van der Waals surface area contributed by atoms with Gasteiger partial charge in [-0.25, -0.2) is 0 Å². The SMILES string of the molecule is COCC(CO)NC(=O)c1cc(-c2ccc(Cl)cc2)nn(-c2cccnc2)c1=O. The number of carbonyl (C=O) groups excluding carboxylic acids is 1. The summed E-state index contributed by atoms with van der Waals surface area (Å²) in [6, 6.07) is 11.0. The fourth-order valence-corrected chi connectivity index (χ4v) is 2.80. The van der Waals surface area contributed by atoms with Crippen molar-refractivity contribution in [2.24, 2.45) is 0 Å². The lowest BCUT2D eigenvalue weighted by atomic mass is 10.1. The fourth-order valence-electron chi connectivity index (χ4n) is 2.68. The molecular formula is C20H19ClN4O4. The minimum Gasteiger partial charge on any atom is -0.394 e. The van der Waals surface area contributed by atoms with Gasteiger partial charge in [-0.3, -0.25) is 14.6 Å². The zero-order valence-corrected chi connectivity index (χ0v) is 16.3. The second-order valence-corrected chi connectivity index (χ2v) is 6.62. The number of benzene rings is 1. The summed E-state index contributed by atoms with van der Waals surface area (Å²) in [4.78, 5) is 29.8. The number of carbonyl (C=O) groups is 1. The van der Waals surface area contributed by atoms with Gasteiger partial charge in [0.2, 0.25) is 0 Å². The van der Waals surface area contributed by atoms with Crippen LogP contribution in [0.15, 0.2) is 59.7 Å². The van der Waals surface area contributed by atoms with Gasteiger partial charge in [0, 0.05) is 23.9 Å². The van der Waals surface area contributed by atoms with Crippen LogP contribution in [-0.2, 0) is 4.74 Å². The lowest BCUT2D eigenvalue weighted by Crippen LogP contribution is -2.43. The number of ether oxygens (including phenoxy) is 1. The maximum Gasteiger partial charge on any atom is 0.284 e. The Balaban J connectivity index is 2.11. The molecule has 2 N–H and O–H groups in total. The molecule has 1 amide bonds. The van der Waals surface area contributed by atoms with E-state index in [0.717, 1.165) is 4.68 Å². The van der Waals surface area contributed by atoms with Crippen LogP contribution in [0, 0.1) is 0 Å². The highest BCUT2D eigenvalue weighted by atomic mass is 35.5. The van der Waals surface area contributed by atoms with E-state index in [1.165, 1.54) is 19.4 Å². The van der Waals surface area contributed by atoms with Crippen LogP contribution in [0.2, 0.25) is 5.02 Å². The van der Waals surface area contributed by atoms with Gasteiger partial charge in [-0.05, 0) is 30.3 Å². The third kappa shape index (κ3) is 4.86. The maximum absolute atomic E-state index is 13.0. The number of nitrogens with zero attached hydrogens (tertiary/aromatic N) is 3. The highest BCUT2D eigenvalue weighted by Crippen LogP contribution is 2.20. The molecule has 0 bridgehead atoms. The Morgan fingerprint density at radius 1 is 1.31 bits per heavy atom. The molecule has 1 unspecified atom stereocenters. The molecule has 1 aromatic carbocycles. The van der Waals surface area contributed by atoms with Crippen molar-refractivity contribution in [3.05, 3.63) is 75.8 Å². The lowest BCUT2D eigenvalue weighted by molar-refractivity contribution is 0.0837. The number of hydrogen-bond acceptors (Lipinski definition) is 6. The van der Waals surface area contributed by atoms with Crippen molar-refractivity contribution in [2.75, 3.05) is 20.3 Å². The number of aliphatic hydroxyl groups is 1. The van der Waals surface area contributed by atoms with Crippen LogP contribution in [0.1, 0.15) is 10.4 Å². The average molecular weight is 415 g/mol. The average Bonchev–Trinajstić information content (AvgIpc) is 2.74. The van der Waals surface area contributed by atoms with Crippen LogP contribution < -0.4 is 10.9 Å². The highest BCUT2D eigenvalue weighted by Gasteiger charge is 2.20. The third-order valence-corrected chi connectivity index (χ3v) is 4.36. The molecule has 0 radical (unpaired) electrons. The van der Waals surface area contributed by atoms with Crippen molar-refractivity contribution < 1.29 is 14.6 Å². The predicted molar refractivity (Wildman–Crippen MR) is 108 cm³/mol. The normalized spacial score (nSPS) is 11.8. The molecule has 1 atom stereocenters. The van der Waals surface area contributed by atoms with Crippen molar-refractivity contribution in [1.82, 2.24) is 20.1 Å². The Morgan fingerprint density at radius 2 is 2.07 bits per heavy atom. The summed E-state index contributed by atoms with van der Waals surface area (Å²) < 4.78 is 6.09. The van der Waals surface area contributed by atoms with E-state index < -0.39 is 17.5 Å². The number of pyridine rings is 1. The molecule has 0 fully saturated rings. The molecular weight excluding hydrogens is 396 g/mol. The van der Waals surface area contributed by atoms with E-state index in [-0.39, 0.29) is 18.8 Å². The maximum atomic E-state index is 13.0. The van der Waals surface area contributed by atoms with Crippen LogP contribution in [-0.4, -0.2) is 52.1 Å². The molecule has 150 valence electrons. The number of rotatable bonds is 7. The summed E-state index contributed by atoms with van der Waals surface area (Å²) in [5.41, 5.74) is 0.767. The van der Waals surface area contributed by atoms with Gasteiger partial charge >= 0.3 is 0 Å². The Labute approximate surface area is 171 Å². The number of hydrogen-bond donors (Lipinski definition) is 2. The topological polar surface area (TPSA) is 106 Å². The summed E-state index contributed by atoms with van der Waals surface area (Å²) in [7, 11) is 1.45. The first-order valence-electron chi connectivity index (χ1n) is 8.75. The van der Waals surface area contributed by atoms with E-state index in [1.807, 2.05) is 0 Å². The molecule has 0 aliphatic heterocycles. The Morgan fingerprint density at radius 3 is 2.69 bits per heavy atom. The van der Waals surface area contributed by atoms with Crippen molar-refractivity contribution in [3.8, 4) is 16.9 Å². The van der Waals surface area contributed by atoms with Gasteiger partial charge in [-0.15, -0.1) is 0 Å². The van der Waals surface area contributed by atoms with Crippen molar-refractivity contribution in [2.45, 2.75) is 6.04 Å². The zero-order valence-electron chi connectivity index (χ0n) is 15.6. The number of aliphatic hydroxyl groups excluding tert-OH is 1. The summed E-state index contributed by atoms with van der Waals surface area (Å²) in [5, 5.41) is 16.9. The largest absolute Gasteiger partial charge is 0.394 e. The van der Waals surface area contributed by atoms with Gasteiger partial charge in [0.25, 0.3) is 11.5 Å². The van der Waals surface area contributed by atoms with Crippen LogP contribution in [0.3, 0.4) is 0 Å². The lowest BCUT2D eigenvalue weighted by Gasteiger charge is -2.16. The van der Waals surface area contributed by atoms with Crippen LogP contribution >= 0.6 is 11.6 Å². The summed E-state index contributed by atoms with van der Waals surface area (Å²) in [6.45, 7) is -0.223. The molecule has 8 nitrogen and oxygen atoms in total. The minimum atomic E-state index is -0.647. The monoisotopic (exact) mass is 414 g/mol. The van der Waals surface area contributed by atoms with E-state index in [4.69, 9.17) is 16.3 Å². The van der Waals surface area contributed by atoms with E-state index in [1.54, 1.807) is 42.6 Å². The van der Waals surface area contributed by atoms with Gasteiger partial charge < -0.3 is 15.2 Å². The molecule has 0 spiro atoms. The van der Waals surface area contributed by atoms with Gasteiger partial charge in [0.15, 0.2) is 0 Å². The Kier molecular flexibility index (Phi) is 6.71. The molecule has 9 heteroatoms. The van der Waals surface area contributed by atoms with Crippen LogP contribution in [0.4, 0.5) is 0 Å². The fraction of sp³-hybridized carbons (Fsp3) is 0.200. The third-order valence-electron chi connectivity index (χ3n) is 4.11. The first-order valence-corrected chi connectivity index (χ1v) is 9.12. The zero-order chi connectivity index (χ0) is 20.8. The predicted octanol–water partition coefficient (Wildman–Crippen LogP) is 1.68. The standard InChI is InChI=1S/C20H19ClN4O4/c1-29-12-15(11-26)23-19(27)17-9-18(13-4-6-14(21)7-5-13)24-25(20(17)28)16-3-2-8-22-10-16/h2-10,15,26H,11-12H2,1H3,(H,23,27). The Hall–Kier alpha value is -3.07. The van der Waals surface area contributed by atoms with Crippen molar-refractivity contribution >= 4 is 17.5 Å². The Bertz CT molecular complexity index is 1040. The molecule has 3 aromatic rings. The quantitative estimate of drug-likeness (QED) is 0.609. The number of nitrogens with one attached hydrogen (secondary N) is 1. The summed E-state index contributed by atoms with van der Waals surface area (Å²) in [6.07, 6.45) is 3.05. The molecule has 0 saturated heterocycles. The van der Waals surface area contributed by atoms with Crippen molar-refractivity contribution in [3.63, 3.8) is 0 Å². The summed E-state index contributed by atoms with van der Waals surface area (Å²) in [5.74, 6) is -0.638. The van der Waals surface area contributed by atoms with Gasteiger partial charge in [-0.1, -0.05) is 23.7 Å².